The Hall–Kier alpha value is -2.38. The van der Waals surface area contributed by atoms with Gasteiger partial charge >= 0.3 is 0 Å². The van der Waals surface area contributed by atoms with Crippen LogP contribution in [0.1, 0.15) is 17.4 Å². The summed E-state index contributed by atoms with van der Waals surface area (Å²) in [6.45, 7) is 4.63. The molecule has 0 fully saturated rings. The van der Waals surface area contributed by atoms with Crippen molar-refractivity contribution in [3.63, 3.8) is 0 Å². The van der Waals surface area contributed by atoms with Crippen molar-refractivity contribution in [2.24, 2.45) is 0 Å². The fourth-order valence-electron chi connectivity index (χ4n) is 3.07. The molecule has 0 saturated heterocycles. The van der Waals surface area contributed by atoms with Crippen LogP contribution < -0.4 is 5.32 Å². The lowest BCUT2D eigenvalue weighted by atomic mass is 10.1. The van der Waals surface area contributed by atoms with Crippen molar-refractivity contribution in [3.8, 4) is 0 Å². The number of carbonyl (C=O) groups excluding carboxylic acids is 1. The van der Waals surface area contributed by atoms with Gasteiger partial charge in [0.2, 0.25) is 5.91 Å². The van der Waals surface area contributed by atoms with Gasteiger partial charge < -0.3 is 5.32 Å². The van der Waals surface area contributed by atoms with E-state index >= 15 is 0 Å². The van der Waals surface area contributed by atoms with Crippen molar-refractivity contribution in [1.29, 1.82) is 0 Å². The predicted molar refractivity (Wildman–Crippen MR) is 112 cm³/mol. The second kappa shape index (κ2) is 7.70. The molecule has 4 rings (SSSR count). The van der Waals surface area contributed by atoms with Gasteiger partial charge in [0.1, 0.15) is 0 Å². The first-order valence-electron chi connectivity index (χ1n) is 8.83. The number of thioether (sulfide) groups is 1. The van der Waals surface area contributed by atoms with Crippen LogP contribution in [0.25, 0.3) is 16.6 Å². The molecule has 0 aliphatic carbocycles. The first-order valence-corrected chi connectivity index (χ1v) is 10.6. The average molecular weight is 397 g/mol. The first-order chi connectivity index (χ1) is 13.1. The molecule has 1 unspecified atom stereocenters. The van der Waals surface area contributed by atoms with Gasteiger partial charge in [-0.1, -0.05) is 36.0 Å². The molecule has 0 aliphatic heterocycles. The van der Waals surface area contributed by atoms with Gasteiger partial charge in [-0.05, 0) is 49.4 Å². The normalized spacial score (nSPS) is 12.5. The van der Waals surface area contributed by atoms with Crippen molar-refractivity contribution in [3.05, 3.63) is 58.3 Å². The van der Waals surface area contributed by atoms with E-state index in [0.717, 1.165) is 22.7 Å². The van der Waals surface area contributed by atoms with Gasteiger partial charge in [-0.3, -0.25) is 9.20 Å². The van der Waals surface area contributed by atoms with Gasteiger partial charge in [0.15, 0.2) is 10.8 Å². The molecule has 4 aromatic rings. The van der Waals surface area contributed by atoms with Crippen LogP contribution >= 0.6 is 23.1 Å². The highest BCUT2D eigenvalue weighted by Crippen LogP contribution is 2.27. The van der Waals surface area contributed by atoms with Crippen molar-refractivity contribution in [2.75, 3.05) is 6.54 Å². The van der Waals surface area contributed by atoms with E-state index < -0.39 is 0 Å². The van der Waals surface area contributed by atoms with Gasteiger partial charge in [-0.25, -0.2) is 0 Å². The molecule has 3 aromatic heterocycles. The maximum Gasteiger partial charge on any atom is 0.233 e. The highest BCUT2D eigenvalue weighted by Gasteiger charge is 2.19. The van der Waals surface area contributed by atoms with Crippen molar-refractivity contribution >= 4 is 45.6 Å². The summed E-state index contributed by atoms with van der Waals surface area (Å²) in [6.07, 6.45) is 0.860. The Morgan fingerprint density at radius 1 is 1.26 bits per heavy atom. The molecule has 1 N–H and O–H groups in total. The van der Waals surface area contributed by atoms with E-state index in [1.807, 2.05) is 35.6 Å². The number of hydrogen-bond donors (Lipinski definition) is 1. The zero-order valence-corrected chi connectivity index (χ0v) is 16.8. The van der Waals surface area contributed by atoms with Gasteiger partial charge in [-0.15, -0.1) is 21.5 Å². The molecule has 3 heterocycles. The van der Waals surface area contributed by atoms with E-state index in [1.165, 1.54) is 27.6 Å². The Balaban J connectivity index is 1.51. The summed E-state index contributed by atoms with van der Waals surface area (Å²) in [5, 5.41) is 15.4. The van der Waals surface area contributed by atoms with Gasteiger partial charge in [-0.2, -0.15) is 0 Å². The summed E-state index contributed by atoms with van der Waals surface area (Å²) < 4.78 is 2.03. The molecule has 1 atom stereocenters. The van der Waals surface area contributed by atoms with E-state index in [1.54, 1.807) is 11.3 Å². The Morgan fingerprint density at radius 3 is 2.93 bits per heavy atom. The molecule has 138 valence electrons. The van der Waals surface area contributed by atoms with Crippen LogP contribution in [-0.2, 0) is 11.2 Å². The molecule has 5 nitrogen and oxygen atoms in total. The number of aryl methyl sites for hydroxylation is 1. The zero-order valence-electron chi connectivity index (χ0n) is 15.2. The summed E-state index contributed by atoms with van der Waals surface area (Å²) in [4.78, 5) is 13.7. The third-order valence-electron chi connectivity index (χ3n) is 4.48. The van der Waals surface area contributed by atoms with Gasteiger partial charge in [0.05, 0.1) is 10.8 Å². The SMILES string of the molecule is Cc1cc2nnc(SC(C)C(=O)NCCc3cccs3)n2c2ccccc12. The minimum Gasteiger partial charge on any atom is -0.355 e. The molecule has 7 heteroatoms. The number of para-hydroxylation sites is 1. The molecule has 0 spiro atoms. The largest absolute Gasteiger partial charge is 0.355 e. The van der Waals surface area contributed by atoms with Crippen LogP contribution in [0.3, 0.4) is 0 Å². The van der Waals surface area contributed by atoms with E-state index in [9.17, 15) is 4.79 Å². The Bertz CT molecular complexity index is 1090. The minimum atomic E-state index is -0.249. The zero-order chi connectivity index (χ0) is 18.8. The number of amides is 1. The van der Waals surface area contributed by atoms with E-state index in [-0.39, 0.29) is 11.2 Å². The molecule has 1 amide bonds. The standard InChI is InChI=1S/C20H20N4OS2/c1-13-12-18-22-23-20(24(18)17-8-4-3-7-16(13)17)27-14(2)19(25)21-10-9-15-6-5-11-26-15/h3-8,11-12,14H,9-10H2,1-2H3,(H,21,25). The fraction of sp³-hybridized carbons (Fsp3) is 0.250. The lowest BCUT2D eigenvalue weighted by Crippen LogP contribution is -2.32. The lowest BCUT2D eigenvalue weighted by Gasteiger charge is -2.12. The van der Waals surface area contributed by atoms with Gasteiger partial charge in [0.25, 0.3) is 0 Å². The third kappa shape index (κ3) is 3.70. The summed E-state index contributed by atoms with van der Waals surface area (Å²) in [5.74, 6) is 0.0183. The molecule has 0 aliphatic rings. The summed E-state index contributed by atoms with van der Waals surface area (Å²) in [7, 11) is 0. The quantitative estimate of drug-likeness (QED) is 0.499. The first kappa shape index (κ1) is 18.0. The maximum absolute atomic E-state index is 12.5. The maximum atomic E-state index is 12.5. The van der Waals surface area contributed by atoms with Crippen molar-refractivity contribution in [2.45, 2.75) is 30.7 Å². The fourth-order valence-corrected chi connectivity index (χ4v) is 4.67. The smallest absolute Gasteiger partial charge is 0.233 e. The molecule has 27 heavy (non-hydrogen) atoms. The highest BCUT2D eigenvalue weighted by atomic mass is 32.2. The summed E-state index contributed by atoms with van der Waals surface area (Å²) in [5.41, 5.74) is 3.03. The number of hydrogen-bond acceptors (Lipinski definition) is 5. The average Bonchev–Trinajstić information content (AvgIpc) is 3.32. The summed E-state index contributed by atoms with van der Waals surface area (Å²) >= 11 is 3.15. The third-order valence-corrected chi connectivity index (χ3v) is 6.45. The molecule has 0 radical (unpaired) electrons. The van der Waals surface area contributed by atoms with Gasteiger partial charge in [0, 0.05) is 16.8 Å². The van der Waals surface area contributed by atoms with Crippen LogP contribution in [0.2, 0.25) is 0 Å². The number of pyridine rings is 1. The van der Waals surface area contributed by atoms with E-state index in [0.29, 0.717) is 6.54 Å². The Morgan fingerprint density at radius 2 is 2.11 bits per heavy atom. The number of thiophene rings is 1. The van der Waals surface area contributed by atoms with E-state index in [2.05, 4.69) is 46.0 Å². The molecular weight excluding hydrogens is 376 g/mol. The Kier molecular flexibility index (Phi) is 5.13. The molecular formula is C20H20N4OS2. The number of nitrogens with zero attached hydrogens (tertiary/aromatic N) is 3. The van der Waals surface area contributed by atoms with Crippen LogP contribution in [0.4, 0.5) is 0 Å². The number of benzene rings is 1. The monoisotopic (exact) mass is 396 g/mol. The molecule has 0 bridgehead atoms. The topological polar surface area (TPSA) is 59.3 Å². The summed E-state index contributed by atoms with van der Waals surface area (Å²) in [6, 6.07) is 14.4. The lowest BCUT2D eigenvalue weighted by molar-refractivity contribution is -0.120. The minimum absolute atomic E-state index is 0.0183. The number of carbonyl (C=O) groups is 1. The molecule has 0 saturated carbocycles. The second-order valence-electron chi connectivity index (χ2n) is 6.40. The van der Waals surface area contributed by atoms with Crippen molar-refractivity contribution in [1.82, 2.24) is 19.9 Å². The number of aromatic nitrogens is 3. The second-order valence-corrected chi connectivity index (χ2v) is 8.74. The van der Waals surface area contributed by atoms with Crippen molar-refractivity contribution < 1.29 is 4.79 Å². The number of fused-ring (bicyclic) bond motifs is 3. The highest BCUT2D eigenvalue weighted by molar-refractivity contribution is 8.00. The van der Waals surface area contributed by atoms with Crippen LogP contribution in [-0.4, -0.2) is 32.3 Å². The molecule has 1 aromatic carbocycles. The van der Waals surface area contributed by atoms with Crippen LogP contribution in [0.15, 0.2) is 53.0 Å². The predicted octanol–water partition coefficient (Wildman–Crippen LogP) is 4.09. The van der Waals surface area contributed by atoms with Crippen LogP contribution in [0, 0.1) is 6.92 Å². The van der Waals surface area contributed by atoms with Crippen LogP contribution in [0.5, 0.6) is 0 Å². The number of nitrogens with one attached hydrogen (secondary N) is 1. The number of rotatable bonds is 6. The van der Waals surface area contributed by atoms with E-state index in [4.69, 9.17) is 0 Å². The Labute approximate surface area is 165 Å².